The lowest BCUT2D eigenvalue weighted by Gasteiger charge is -2.36. The monoisotopic (exact) mass is 545 g/mol. The predicted octanol–water partition coefficient (Wildman–Crippen LogP) is 5.50. The third kappa shape index (κ3) is 4.79. The van der Waals surface area contributed by atoms with E-state index in [1.807, 2.05) is 22.7 Å². The molecule has 8 nitrogen and oxygen atoms in total. The first-order valence-electron chi connectivity index (χ1n) is 12.5. The van der Waals surface area contributed by atoms with Crippen molar-refractivity contribution in [2.45, 2.75) is 58.0 Å². The third-order valence-electron chi connectivity index (χ3n) is 7.01. The molecule has 0 amide bonds. The molecule has 0 radical (unpaired) electrons. The summed E-state index contributed by atoms with van der Waals surface area (Å²) in [5.41, 5.74) is -0.168. The van der Waals surface area contributed by atoms with Crippen LogP contribution < -0.4 is 4.90 Å². The molecule has 1 saturated carbocycles. The van der Waals surface area contributed by atoms with E-state index in [2.05, 4.69) is 25.0 Å². The van der Waals surface area contributed by atoms with Crippen LogP contribution in [0, 0.1) is 25.5 Å². The average Bonchev–Trinajstić information content (AvgIpc) is 3.60. The van der Waals surface area contributed by atoms with Gasteiger partial charge in [0.15, 0.2) is 5.65 Å². The second kappa shape index (κ2) is 9.18. The molecular formula is C26H24F5N7O. The zero-order valence-electron chi connectivity index (χ0n) is 21.3. The van der Waals surface area contributed by atoms with Crippen LogP contribution >= 0.6 is 0 Å². The van der Waals surface area contributed by atoms with Gasteiger partial charge in [-0.1, -0.05) is 0 Å². The van der Waals surface area contributed by atoms with Crippen molar-refractivity contribution in [3.63, 3.8) is 0 Å². The van der Waals surface area contributed by atoms with Gasteiger partial charge >= 0.3 is 6.18 Å². The number of halogens is 5. The van der Waals surface area contributed by atoms with Crippen molar-refractivity contribution in [2.24, 2.45) is 0 Å². The minimum Gasteiger partial charge on any atom is -0.367 e. The lowest BCUT2D eigenvalue weighted by atomic mass is 10.1. The number of morpholine rings is 1. The summed E-state index contributed by atoms with van der Waals surface area (Å²) in [5, 5.41) is 4.44. The van der Waals surface area contributed by atoms with Crippen molar-refractivity contribution >= 4 is 17.1 Å². The minimum atomic E-state index is -5.05. The van der Waals surface area contributed by atoms with Crippen LogP contribution in [0.15, 0.2) is 24.5 Å². The van der Waals surface area contributed by atoms with Crippen LogP contribution in [0.1, 0.15) is 54.4 Å². The standard InChI is InChI=1S/C26H24F5N7O/c1-12-9-37(11-21(39-12)15-8-32-38(10-15)16-4-5-16)25-35-22(23-24(36-25)34-14(3)13(2)33-23)17-6-20(28)18(7-19(17)27)26(29,30)31/h6-8,10,12,16,21H,4-5,9,11H2,1-3H3. The Bertz CT molecular complexity index is 1580. The van der Waals surface area contributed by atoms with Crippen LogP contribution in [0.5, 0.6) is 0 Å². The fourth-order valence-electron chi connectivity index (χ4n) is 4.73. The summed E-state index contributed by atoms with van der Waals surface area (Å²) in [5.74, 6) is -2.74. The normalized spacial score (nSPS) is 20.2. The van der Waals surface area contributed by atoms with E-state index in [-0.39, 0.29) is 41.1 Å². The van der Waals surface area contributed by atoms with Crippen LogP contribution in [0.25, 0.3) is 22.4 Å². The Morgan fingerprint density at radius 2 is 1.69 bits per heavy atom. The van der Waals surface area contributed by atoms with Gasteiger partial charge in [-0.15, -0.1) is 0 Å². The van der Waals surface area contributed by atoms with Crippen LogP contribution in [-0.2, 0) is 10.9 Å². The number of ether oxygens (including phenoxy) is 1. The van der Waals surface area contributed by atoms with E-state index in [4.69, 9.17) is 4.74 Å². The van der Waals surface area contributed by atoms with Crippen molar-refractivity contribution < 1.29 is 26.7 Å². The first-order chi connectivity index (χ1) is 18.5. The molecule has 2 atom stereocenters. The van der Waals surface area contributed by atoms with E-state index >= 15 is 4.39 Å². The van der Waals surface area contributed by atoms with Gasteiger partial charge in [0.25, 0.3) is 0 Å². The smallest absolute Gasteiger partial charge is 0.367 e. The summed E-state index contributed by atoms with van der Waals surface area (Å²) in [4.78, 5) is 19.8. The van der Waals surface area contributed by atoms with Crippen molar-refractivity contribution in [3.8, 4) is 11.3 Å². The fraction of sp³-hybridized carbons (Fsp3) is 0.423. The number of benzene rings is 1. The Morgan fingerprint density at radius 1 is 0.949 bits per heavy atom. The number of hydrogen-bond acceptors (Lipinski definition) is 7. The number of fused-ring (bicyclic) bond motifs is 1. The van der Waals surface area contributed by atoms with E-state index in [1.165, 1.54) is 0 Å². The van der Waals surface area contributed by atoms with Gasteiger partial charge in [0, 0.05) is 23.9 Å². The molecule has 3 aromatic heterocycles. The molecule has 0 spiro atoms. The SMILES string of the molecule is Cc1nc2nc(N3CC(C)OC(c4cnn(C5CC5)c4)C3)nc(-c3cc(F)c(C(F)(F)F)cc3F)c2nc1C. The zero-order valence-corrected chi connectivity index (χ0v) is 21.3. The topological polar surface area (TPSA) is 81.9 Å². The molecule has 204 valence electrons. The molecule has 0 bridgehead atoms. The first-order valence-corrected chi connectivity index (χ1v) is 12.5. The molecule has 2 unspecified atom stereocenters. The van der Waals surface area contributed by atoms with Crippen LogP contribution in [0.3, 0.4) is 0 Å². The summed E-state index contributed by atoms with van der Waals surface area (Å²) in [7, 11) is 0. The number of alkyl halides is 3. The van der Waals surface area contributed by atoms with E-state index < -0.39 is 28.9 Å². The molecule has 6 rings (SSSR count). The summed E-state index contributed by atoms with van der Waals surface area (Å²) >= 11 is 0. The molecule has 2 aliphatic rings. The molecule has 13 heteroatoms. The summed E-state index contributed by atoms with van der Waals surface area (Å²) in [6.07, 6.45) is 0.264. The lowest BCUT2D eigenvalue weighted by Crippen LogP contribution is -2.43. The number of nitrogens with zero attached hydrogens (tertiary/aromatic N) is 7. The highest BCUT2D eigenvalue weighted by Gasteiger charge is 2.36. The molecule has 4 aromatic rings. The maximum atomic E-state index is 15.1. The zero-order chi connectivity index (χ0) is 27.6. The van der Waals surface area contributed by atoms with E-state index in [9.17, 15) is 17.6 Å². The third-order valence-corrected chi connectivity index (χ3v) is 7.01. The van der Waals surface area contributed by atoms with Crippen molar-refractivity contribution in [1.29, 1.82) is 0 Å². The van der Waals surface area contributed by atoms with Crippen LogP contribution in [-0.4, -0.2) is 48.9 Å². The van der Waals surface area contributed by atoms with Gasteiger partial charge in [0.1, 0.15) is 28.9 Å². The van der Waals surface area contributed by atoms with Gasteiger partial charge in [-0.05, 0) is 45.7 Å². The van der Waals surface area contributed by atoms with Gasteiger partial charge < -0.3 is 9.64 Å². The van der Waals surface area contributed by atoms with E-state index in [1.54, 1.807) is 20.0 Å². The molecule has 1 aliphatic heterocycles. The number of aromatic nitrogens is 6. The van der Waals surface area contributed by atoms with E-state index in [0.29, 0.717) is 36.6 Å². The van der Waals surface area contributed by atoms with Crippen molar-refractivity contribution in [2.75, 3.05) is 18.0 Å². The first kappa shape index (κ1) is 25.5. The molecule has 1 aromatic carbocycles. The number of rotatable bonds is 4. The summed E-state index contributed by atoms with van der Waals surface area (Å²) in [6.45, 7) is 6.03. The molecule has 39 heavy (non-hydrogen) atoms. The van der Waals surface area contributed by atoms with Gasteiger partial charge in [0.05, 0.1) is 41.8 Å². The Labute approximate surface area is 219 Å². The summed E-state index contributed by atoms with van der Waals surface area (Å²) < 4.78 is 77.4. The Balaban J connectivity index is 1.45. The Morgan fingerprint density at radius 3 is 2.41 bits per heavy atom. The maximum Gasteiger partial charge on any atom is 0.419 e. The quantitative estimate of drug-likeness (QED) is 0.313. The largest absolute Gasteiger partial charge is 0.419 e. The van der Waals surface area contributed by atoms with Crippen LogP contribution in [0.2, 0.25) is 0 Å². The molecule has 4 heterocycles. The van der Waals surface area contributed by atoms with Gasteiger partial charge in [0.2, 0.25) is 5.95 Å². The van der Waals surface area contributed by atoms with Gasteiger partial charge in [-0.25, -0.2) is 23.7 Å². The number of aryl methyl sites for hydroxylation is 2. The maximum absolute atomic E-state index is 15.1. The molecule has 0 N–H and O–H groups in total. The molecule has 1 aliphatic carbocycles. The minimum absolute atomic E-state index is 0.0588. The highest BCUT2D eigenvalue weighted by atomic mass is 19.4. The van der Waals surface area contributed by atoms with Gasteiger partial charge in [-0.3, -0.25) is 4.68 Å². The van der Waals surface area contributed by atoms with Crippen molar-refractivity contribution in [1.82, 2.24) is 29.7 Å². The summed E-state index contributed by atoms with van der Waals surface area (Å²) in [6, 6.07) is 1.04. The highest BCUT2D eigenvalue weighted by Crippen LogP contribution is 2.38. The Hall–Kier alpha value is -3.74. The second-order valence-electron chi connectivity index (χ2n) is 10.1. The number of hydrogen-bond donors (Lipinski definition) is 0. The second-order valence-corrected chi connectivity index (χ2v) is 10.1. The average molecular weight is 546 g/mol. The molecule has 1 saturated heterocycles. The molecule has 2 fully saturated rings. The Kier molecular flexibility index (Phi) is 6.01. The van der Waals surface area contributed by atoms with Crippen LogP contribution in [0.4, 0.5) is 27.9 Å². The van der Waals surface area contributed by atoms with E-state index in [0.717, 1.165) is 18.4 Å². The lowest BCUT2D eigenvalue weighted by molar-refractivity contribution is -0.140. The van der Waals surface area contributed by atoms with Crippen molar-refractivity contribution in [3.05, 3.63) is 58.7 Å². The van der Waals surface area contributed by atoms with Gasteiger partial charge in [-0.2, -0.15) is 23.3 Å². The predicted molar refractivity (Wildman–Crippen MR) is 131 cm³/mol. The number of anilines is 1. The fourth-order valence-corrected chi connectivity index (χ4v) is 4.73. The molecular weight excluding hydrogens is 521 g/mol. The highest BCUT2D eigenvalue weighted by molar-refractivity contribution is 5.88.